The monoisotopic (exact) mass is 880 g/mol. The van der Waals surface area contributed by atoms with Crippen molar-refractivity contribution in [3.63, 3.8) is 0 Å². The standard InChI is InChI=1S/C65H52O3/c1-40(32-46-22-28-64-58(38-46)52-13-4-7-16-61(52)67-64)30-44-19-25-49-54-34-42(10-9-11-43-21-27-63-57(35-43)51-12-3-6-15-60(51)66-63)18-24-48(54)55-36-45(20-26-50(55)56(49)37-44)31-41(2)33-47-23-29-65-59(39-47)53-14-5-8-17-62(53)68-65/h3-8,12-29,34-41H,9-11,30-33H2,1-2H3. The molecule has 0 saturated heterocycles. The van der Waals surface area contributed by atoms with E-state index < -0.39 is 0 Å². The summed E-state index contributed by atoms with van der Waals surface area (Å²) in [5, 5.41) is 15.2. The third kappa shape index (κ3) is 7.38. The molecule has 13 aromatic rings. The lowest BCUT2D eigenvalue weighted by Gasteiger charge is -2.17. The Bertz CT molecular complexity index is 3900. The van der Waals surface area contributed by atoms with Gasteiger partial charge in [-0.1, -0.05) is 141 Å². The van der Waals surface area contributed by atoms with Gasteiger partial charge in [-0.05, 0) is 177 Å². The predicted molar refractivity (Wildman–Crippen MR) is 285 cm³/mol. The average molecular weight is 881 g/mol. The highest BCUT2D eigenvalue weighted by Crippen LogP contribution is 2.39. The molecule has 0 bridgehead atoms. The van der Waals surface area contributed by atoms with Gasteiger partial charge in [-0.25, -0.2) is 0 Å². The Labute approximate surface area is 395 Å². The second-order valence-corrected chi connectivity index (χ2v) is 19.8. The number of para-hydroxylation sites is 3. The number of hydrogen-bond acceptors (Lipinski definition) is 3. The van der Waals surface area contributed by atoms with Crippen LogP contribution in [0.3, 0.4) is 0 Å². The highest BCUT2D eigenvalue weighted by Gasteiger charge is 2.16. The van der Waals surface area contributed by atoms with E-state index in [9.17, 15) is 0 Å². The molecule has 3 heterocycles. The molecule has 0 aliphatic rings. The van der Waals surface area contributed by atoms with E-state index in [4.69, 9.17) is 13.3 Å². The molecule has 0 amide bonds. The van der Waals surface area contributed by atoms with Crippen molar-refractivity contribution in [3.05, 3.63) is 215 Å². The van der Waals surface area contributed by atoms with Crippen LogP contribution < -0.4 is 0 Å². The first-order valence-electron chi connectivity index (χ1n) is 24.5. The Hall–Kier alpha value is -7.62. The Balaban J connectivity index is 0.810. The molecule has 0 aliphatic carbocycles. The van der Waals surface area contributed by atoms with Crippen molar-refractivity contribution in [2.75, 3.05) is 0 Å². The number of rotatable bonds is 12. The minimum Gasteiger partial charge on any atom is -0.456 e. The zero-order valence-electron chi connectivity index (χ0n) is 38.6. The number of aryl methyl sites for hydroxylation is 2. The second kappa shape index (κ2) is 16.6. The number of fused-ring (bicyclic) bond motifs is 15. The van der Waals surface area contributed by atoms with E-state index in [1.54, 1.807) is 0 Å². The Morgan fingerprint density at radius 2 is 0.544 bits per heavy atom. The van der Waals surface area contributed by atoms with E-state index in [1.165, 1.54) is 98.0 Å². The molecule has 13 rings (SSSR count). The van der Waals surface area contributed by atoms with Crippen molar-refractivity contribution < 1.29 is 13.3 Å². The molecule has 0 spiro atoms. The van der Waals surface area contributed by atoms with Crippen LogP contribution in [0.2, 0.25) is 0 Å². The van der Waals surface area contributed by atoms with Gasteiger partial charge in [0, 0.05) is 32.3 Å². The van der Waals surface area contributed by atoms with E-state index in [0.29, 0.717) is 11.8 Å². The van der Waals surface area contributed by atoms with Gasteiger partial charge in [-0.15, -0.1) is 0 Å². The summed E-state index contributed by atoms with van der Waals surface area (Å²) in [6.07, 6.45) is 7.16. The largest absolute Gasteiger partial charge is 0.456 e. The summed E-state index contributed by atoms with van der Waals surface area (Å²) < 4.78 is 18.4. The topological polar surface area (TPSA) is 39.4 Å². The summed E-state index contributed by atoms with van der Waals surface area (Å²) in [5.74, 6) is 0.936. The maximum Gasteiger partial charge on any atom is 0.135 e. The first-order chi connectivity index (χ1) is 33.4. The molecule has 2 unspecified atom stereocenters. The van der Waals surface area contributed by atoms with Crippen molar-refractivity contribution in [2.45, 2.75) is 58.8 Å². The van der Waals surface area contributed by atoms with Crippen LogP contribution >= 0.6 is 0 Å². The minimum atomic E-state index is 0.468. The van der Waals surface area contributed by atoms with Crippen LogP contribution in [-0.2, 0) is 38.5 Å². The van der Waals surface area contributed by atoms with Crippen LogP contribution in [0.15, 0.2) is 195 Å². The fourth-order valence-electron chi connectivity index (χ4n) is 11.5. The van der Waals surface area contributed by atoms with E-state index in [-0.39, 0.29) is 0 Å². The molecule has 0 fully saturated rings. The van der Waals surface area contributed by atoms with Crippen molar-refractivity contribution in [1.82, 2.24) is 0 Å². The third-order valence-electron chi connectivity index (χ3n) is 14.7. The summed E-state index contributed by atoms with van der Waals surface area (Å²) in [5.41, 5.74) is 14.0. The average Bonchev–Trinajstić information content (AvgIpc) is 4.05. The molecule has 68 heavy (non-hydrogen) atoms. The van der Waals surface area contributed by atoms with Gasteiger partial charge < -0.3 is 13.3 Å². The Morgan fingerprint density at radius 1 is 0.265 bits per heavy atom. The molecule has 10 aromatic carbocycles. The van der Waals surface area contributed by atoms with Crippen LogP contribution in [0, 0.1) is 11.8 Å². The first kappa shape index (κ1) is 40.6. The zero-order chi connectivity index (χ0) is 45.3. The number of furan rings is 3. The summed E-state index contributed by atoms with van der Waals surface area (Å²) in [6.45, 7) is 4.79. The molecule has 3 aromatic heterocycles. The van der Waals surface area contributed by atoms with Gasteiger partial charge in [0.2, 0.25) is 0 Å². The summed E-state index contributed by atoms with van der Waals surface area (Å²) in [4.78, 5) is 0. The smallest absolute Gasteiger partial charge is 0.135 e. The van der Waals surface area contributed by atoms with Gasteiger partial charge in [0.15, 0.2) is 0 Å². The molecule has 2 atom stereocenters. The van der Waals surface area contributed by atoms with E-state index in [2.05, 4.69) is 178 Å². The van der Waals surface area contributed by atoms with E-state index in [1.807, 2.05) is 18.2 Å². The maximum absolute atomic E-state index is 6.15. The quantitative estimate of drug-likeness (QED) is 0.115. The van der Waals surface area contributed by atoms with Gasteiger partial charge >= 0.3 is 0 Å². The lowest BCUT2D eigenvalue weighted by Crippen LogP contribution is -2.04. The van der Waals surface area contributed by atoms with Crippen molar-refractivity contribution >= 4 is 98.1 Å². The summed E-state index contributed by atoms with van der Waals surface area (Å²) in [7, 11) is 0. The molecule has 0 N–H and O–H groups in total. The molecule has 330 valence electrons. The van der Waals surface area contributed by atoms with Gasteiger partial charge in [-0.2, -0.15) is 0 Å². The van der Waals surface area contributed by atoms with Crippen LogP contribution in [0.25, 0.3) is 98.1 Å². The van der Waals surface area contributed by atoms with Gasteiger partial charge in [-0.3, -0.25) is 0 Å². The maximum atomic E-state index is 6.15. The van der Waals surface area contributed by atoms with Crippen molar-refractivity contribution in [1.29, 1.82) is 0 Å². The molecular formula is C65H52O3. The van der Waals surface area contributed by atoms with E-state index in [0.717, 1.165) is 78.4 Å². The van der Waals surface area contributed by atoms with Gasteiger partial charge in [0.25, 0.3) is 0 Å². The van der Waals surface area contributed by atoms with Crippen LogP contribution in [0.4, 0.5) is 0 Å². The molecule has 0 aliphatic heterocycles. The second-order valence-electron chi connectivity index (χ2n) is 19.8. The fourth-order valence-corrected chi connectivity index (χ4v) is 11.5. The molecular weight excluding hydrogens is 829 g/mol. The summed E-state index contributed by atoms with van der Waals surface area (Å²) in [6, 6.07) is 67.2. The van der Waals surface area contributed by atoms with Gasteiger partial charge in [0.05, 0.1) is 0 Å². The molecule has 0 radical (unpaired) electrons. The van der Waals surface area contributed by atoms with Crippen molar-refractivity contribution in [2.24, 2.45) is 11.8 Å². The number of hydrogen-bond donors (Lipinski definition) is 0. The lowest BCUT2D eigenvalue weighted by molar-refractivity contribution is 0.577. The van der Waals surface area contributed by atoms with Crippen LogP contribution in [0.5, 0.6) is 0 Å². The highest BCUT2D eigenvalue weighted by atomic mass is 16.3. The Kier molecular flexibility index (Phi) is 9.93. The number of benzene rings is 10. The van der Waals surface area contributed by atoms with Crippen LogP contribution in [0.1, 0.15) is 53.6 Å². The Morgan fingerprint density at radius 3 is 0.941 bits per heavy atom. The zero-order valence-corrected chi connectivity index (χ0v) is 38.6. The fraction of sp³-hybridized carbons (Fsp3) is 0.169. The first-order valence-corrected chi connectivity index (χ1v) is 24.5. The van der Waals surface area contributed by atoms with E-state index >= 15 is 0 Å². The van der Waals surface area contributed by atoms with Gasteiger partial charge in [0.1, 0.15) is 33.5 Å². The molecule has 3 heteroatoms. The third-order valence-corrected chi connectivity index (χ3v) is 14.7. The van der Waals surface area contributed by atoms with Crippen molar-refractivity contribution in [3.8, 4) is 0 Å². The molecule has 3 nitrogen and oxygen atoms in total. The normalized spacial score (nSPS) is 13.1. The SMILES string of the molecule is CC(Cc1ccc2oc3ccccc3c2c1)Cc1ccc2c(c1)c1ccc(CCCc3ccc4oc5ccccc5c4c3)cc1c1ccc(CC(C)Cc3ccc4oc5ccccc5c4c3)cc12. The lowest BCUT2D eigenvalue weighted by atomic mass is 9.87. The predicted octanol–water partition coefficient (Wildman–Crippen LogP) is 17.9. The van der Waals surface area contributed by atoms with Crippen LogP contribution in [-0.4, -0.2) is 0 Å². The minimum absolute atomic E-state index is 0.468. The highest BCUT2D eigenvalue weighted by molar-refractivity contribution is 6.25. The molecule has 0 saturated carbocycles. The summed E-state index contributed by atoms with van der Waals surface area (Å²) >= 11 is 0.